The maximum Gasteiger partial charge on any atom is 0.129 e. The number of aryl methyl sites for hydroxylation is 3. The highest BCUT2D eigenvalue weighted by Gasteiger charge is 2.07. The maximum atomic E-state index is 9.82. The van der Waals surface area contributed by atoms with Gasteiger partial charge in [0.25, 0.3) is 0 Å². The summed E-state index contributed by atoms with van der Waals surface area (Å²) in [7, 11) is 0. The first kappa shape index (κ1) is 12.8. The van der Waals surface area contributed by atoms with Crippen molar-refractivity contribution in [3.8, 4) is 11.5 Å². The minimum absolute atomic E-state index is 0.286. The van der Waals surface area contributed by atoms with Gasteiger partial charge in [-0.15, -0.1) is 0 Å². The molecule has 0 unspecified atom stereocenters. The zero-order valence-electron chi connectivity index (χ0n) is 10.7. The first-order valence-corrected chi connectivity index (χ1v) is 6.56. The number of phenols is 2. The Morgan fingerprint density at radius 2 is 1.50 bits per heavy atom. The van der Waals surface area contributed by atoms with E-state index in [0.717, 1.165) is 26.5 Å². The Hall–Kier alpha value is -1.61. The molecule has 0 radical (unpaired) electrons. The van der Waals surface area contributed by atoms with Crippen molar-refractivity contribution in [2.45, 2.75) is 30.6 Å². The number of benzene rings is 2. The molecule has 2 N–H and O–H groups in total. The lowest BCUT2D eigenvalue weighted by Gasteiger charge is -2.09. The van der Waals surface area contributed by atoms with Crippen LogP contribution < -0.4 is 0 Å². The Morgan fingerprint density at radius 1 is 0.889 bits per heavy atom. The fourth-order valence-corrected chi connectivity index (χ4v) is 2.95. The Labute approximate surface area is 111 Å². The molecule has 0 aliphatic heterocycles. The molecular weight excluding hydrogens is 244 g/mol. The molecule has 0 saturated carbocycles. The van der Waals surface area contributed by atoms with E-state index in [4.69, 9.17) is 0 Å². The van der Waals surface area contributed by atoms with Crippen LogP contribution in [0.15, 0.2) is 40.1 Å². The summed E-state index contributed by atoms with van der Waals surface area (Å²) in [5, 5.41) is 19.6. The van der Waals surface area contributed by atoms with E-state index in [2.05, 4.69) is 0 Å². The summed E-state index contributed by atoms with van der Waals surface area (Å²) in [5.74, 6) is 0.627. The summed E-state index contributed by atoms with van der Waals surface area (Å²) in [6.07, 6.45) is 0. The van der Waals surface area contributed by atoms with Gasteiger partial charge < -0.3 is 10.2 Å². The van der Waals surface area contributed by atoms with Crippen molar-refractivity contribution in [1.29, 1.82) is 0 Å². The predicted octanol–water partition coefficient (Wildman–Crippen LogP) is 4.17. The molecule has 0 heterocycles. The molecule has 0 bridgehead atoms. The van der Waals surface area contributed by atoms with E-state index in [1.807, 2.05) is 45.0 Å². The molecule has 0 fully saturated rings. The number of hydrogen-bond acceptors (Lipinski definition) is 3. The third-order valence-electron chi connectivity index (χ3n) is 2.81. The lowest BCUT2D eigenvalue weighted by atomic mass is 10.1. The second kappa shape index (κ2) is 4.94. The Balaban J connectivity index is 2.37. The molecule has 2 aromatic rings. The largest absolute Gasteiger partial charge is 0.507 e. The zero-order chi connectivity index (χ0) is 13.3. The first-order valence-electron chi connectivity index (χ1n) is 5.75. The van der Waals surface area contributed by atoms with Crippen molar-refractivity contribution < 1.29 is 10.2 Å². The summed E-state index contributed by atoms with van der Waals surface area (Å²) in [5.41, 5.74) is 2.82. The van der Waals surface area contributed by atoms with Crippen LogP contribution in [0.25, 0.3) is 0 Å². The molecule has 94 valence electrons. The van der Waals surface area contributed by atoms with Crippen LogP contribution in [0, 0.1) is 20.8 Å². The molecule has 2 aromatic carbocycles. The number of hydrogen-bond donors (Lipinski definition) is 2. The lowest BCUT2D eigenvalue weighted by molar-refractivity contribution is 0.462. The van der Waals surface area contributed by atoms with Crippen molar-refractivity contribution in [3.05, 3.63) is 47.0 Å². The van der Waals surface area contributed by atoms with Gasteiger partial charge in [0.15, 0.2) is 0 Å². The molecule has 0 aliphatic carbocycles. The van der Waals surface area contributed by atoms with Crippen LogP contribution in [0.4, 0.5) is 0 Å². The number of aromatic hydroxyl groups is 2. The predicted molar refractivity (Wildman–Crippen MR) is 74.5 cm³/mol. The fraction of sp³-hybridized carbons (Fsp3) is 0.200. The van der Waals surface area contributed by atoms with Crippen LogP contribution in [0.1, 0.15) is 16.7 Å². The van der Waals surface area contributed by atoms with Crippen LogP contribution >= 0.6 is 11.8 Å². The van der Waals surface area contributed by atoms with Crippen molar-refractivity contribution >= 4 is 11.8 Å². The van der Waals surface area contributed by atoms with Gasteiger partial charge in [-0.2, -0.15) is 0 Å². The van der Waals surface area contributed by atoms with Crippen LogP contribution in [0.3, 0.4) is 0 Å². The van der Waals surface area contributed by atoms with Crippen LogP contribution in [0.5, 0.6) is 11.5 Å². The lowest BCUT2D eigenvalue weighted by Crippen LogP contribution is -1.84. The van der Waals surface area contributed by atoms with Crippen LogP contribution in [-0.4, -0.2) is 10.2 Å². The van der Waals surface area contributed by atoms with Gasteiger partial charge in [0.05, 0.1) is 4.90 Å². The molecule has 18 heavy (non-hydrogen) atoms. The summed E-state index contributed by atoms with van der Waals surface area (Å²) in [4.78, 5) is 1.85. The summed E-state index contributed by atoms with van der Waals surface area (Å²) < 4.78 is 0. The molecule has 3 heteroatoms. The highest BCUT2D eigenvalue weighted by molar-refractivity contribution is 7.99. The van der Waals surface area contributed by atoms with E-state index in [-0.39, 0.29) is 5.75 Å². The molecule has 0 saturated heterocycles. The van der Waals surface area contributed by atoms with E-state index >= 15 is 0 Å². The van der Waals surface area contributed by atoms with E-state index in [1.54, 1.807) is 6.07 Å². The van der Waals surface area contributed by atoms with Crippen molar-refractivity contribution in [2.24, 2.45) is 0 Å². The van der Waals surface area contributed by atoms with Gasteiger partial charge in [-0.05, 0) is 61.7 Å². The molecule has 0 aromatic heterocycles. The first-order chi connectivity index (χ1) is 8.47. The van der Waals surface area contributed by atoms with E-state index in [9.17, 15) is 10.2 Å². The second-order valence-corrected chi connectivity index (χ2v) is 5.59. The van der Waals surface area contributed by atoms with Crippen molar-refractivity contribution in [3.63, 3.8) is 0 Å². The topological polar surface area (TPSA) is 40.5 Å². The van der Waals surface area contributed by atoms with Gasteiger partial charge in [-0.25, -0.2) is 0 Å². The Kier molecular flexibility index (Phi) is 3.53. The Bertz CT molecular complexity index is 568. The number of phenolic OH excluding ortho intramolecular Hbond substituents is 2. The normalized spacial score (nSPS) is 10.6. The van der Waals surface area contributed by atoms with Gasteiger partial charge in [-0.1, -0.05) is 17.8 Å². The van der Waals surface area contributed by atoms with Crippen LogP contribution in [-0.2, 0) is 0 Å². The van der Waals surface area contributed by atoms with Gasteiger partial charge in [0, 0.05) is 4.90 Å². The van der Waals surface area contributed by atoms with Gasteiger partial charge >= 0.3 is 0 Å². The third kappa shape index (κ3) is 2.62. The van der Waals surface area contributed by atoms with E-state index < -0.39 is 0 Å². The molecule has 0 amide bonds. The fourth-order valence-electron chi connectivity index (χ4n) is 1.81. The molecule has 2 nitrogen and oxygen atoms in total. The summed E-state index contributed by atoms with van der Waals surface area (Å²) in [6.45, 7) is 5.75. The SMILES string of the molecule is Cc1ccc(O)c(Sc2cc(C)c(O)c(C)c2)c1. The molecule has 0 aliphatic rings. The van der Waals surface area contributed by atoms with Gasteiger partial charge in [-0.3, -0.25) is 0 Å². The van der Waals surface area contributed by atoms with E-state index in [0.29, 0.717) is 5.75 Å². The monoisotopic (exact) mass is 260 g/mol. The highest BCUT2D eigenvalue weighted by atomic mass is 32.2. The molecule has 0 atom stereocenters. The van der Waals surface area contributed by atoms with Crippen molar-refractivity contribution in [1.82, 2.24) is 0 Å². The van der Waals surface area contributed by atoms with Crippen LogP contribution in [0.2, 0.25) is 0 Å². The summed E-state index contributed by atoms with van der Waals surface area (Å²) >= 11 is 1.50. The second-order valence-electron chi connectivity index (χ2n) is 4.48. The maximum absolute atomic E-state index is 9.82. The smallest absolute Gasteiger partial charge is 0.129 e. The minimum atomic E-state index is 0.286. The van der Waals surface area contributed by atoms with Gasteiger partial charge in [0.1, 0.15) is 11.5 Å². The average Bonchev–Trinajstić information content (AvgIpc) is 2.31. The third-order valence-corrected chi connectivity index (χ3v) is 3.83. The highest BCUT2D eigenvalue weighted by Crippen LogP contribution is 2.37. The van der Waals surface area contributed by atoms with E-state index in [1.165, 1.54) is 11.8 Å². The minimum Gasteiger partial charge on any atom is -0.507 e. The molecular formula is C15H16O2S. The van der Waals surface area contributed by atoms with Crippen molar-refractivity contribution in [2.75, 3.05) is 0 Å². The zero-order valence-corrected chi connectivity index (χ0v) is 11.5. The molecule has 0 spiro atoms. The quantitative estimate of drug-likeness (QED) is 0.851. The Morgan fingerprint density at radius 3 is 2.11 bits per heavy atom. The average molecular weight is 260 g/mol. The standard InChI is InChI=1S/C15H16O2S/c1-9-4-5-13(16)14(6-9)18-12-7-10(2)15(17)11(3)8-12/h4-8,16-17H,1-3H3. The summed E-state index contributed by atoms with van der Waals surface area (Å²) in [6, 6.07) is 9.39. The molecule has 2 rings (SSSR count). The number of rotatable bonds is 2. The van der Waals surface area contributed by atoms with Gasteiger partial charge in [0.2, 0.25) is 0 Å².